The van der Waals surface area contributed by atoms with Crippen LogP contribution in [-0.2, 0) is 4.79 Å². The molecule has 142 valence electrons. The van der Waals surface area contributed by atoms with Gasteiger partial charge in [-0.1, -0.05) is 0 Å². The third kappa shape index (κ3) is 4.00. The van der Waals surface area contributed by atoms with Crippen LogP contribution < -0.4 is 5.32 Å². The topological polar surface area (TPSA) is 109 Å². The Bertz CT molecular complexity index is 877. The number of fused-ring (bicyclic) bond motifs is 1. The predicted molar refractivity (Wildman–Crippen MR) is 101 cm³/mol. The highest BCUT2D eigenvalue weighted by atomic mass is 16.6. The number of carbonyl (C=O) groups is 1. The number of carboxylic acid groups (broad SMARTS) is 1. The van der Waals surface area contributed by atoms with Crippen molar-refractivity contribution >= 4 is 28.2 Å². The van der Waals surface area contributed by atoms with Crippen molar-refractivity contribution in [2.45, 2.75) is 37.8 Å². The first-order valence-electron chi connectivity index (χ1n) is 9.25. The number of nitro benzene ring substituents is 1. The van der Waals surface area contributed by atoms with Crippen LogP contribution in [-0.4, -0.2) is 51.1 Å². The Hall–Kier alpha value is -2.74. The number of rotatable bonds is 8. The molecule has 4 rings (SSSR count). The molecule has 1 heterocycles. The number of aliphatic carboxylic acids is 1. The molecule has 8 nitrogen and oxygen atoms in total. The maximum absolute atomic E-state index is 11.1. The van der Waals surface area contributed by atoms with E-state index in [1.165, 1.54) is 18.9 Å². The van der Waals surface area contributed by atoms with Crippen LogP contribution >= 0.6 is 0 Å². The van der Waals surface area contributed by atoms with Crippen LogP contribution in [0, 0.1) is 16.0 Å². The number of nitro groups is 1. The second-order valence-electron chi connectivity index (χ2n) is 7.56. The molecule has 0 saturated heterocycles. The van der Waals surface area contributed by atoms with Gasteiger partial charge in [0.1, 0.15) is 5.82 Å². The summed E-state index contributed by atoms with van der Waals surface area (Å²) in [7, 11) is 0. The minimum Gasteiger partial charge on any atom is -0.480 e. The fraction of sp³-hybridized carbons (Fsp3) is 0.474. The highest BCUT2D eigenvalue weighted by Gasteiger charge is 2.37. The molecule has 27 heavy (non-hydrogen) atoms. The van der Waals surface area contributed by atoms with Crippen molar-refractivity contribution in [3.8, 4) is 0 Å². The summed E-state index contributed by atoms with van der Waals surface area (Å²) in [5, 5.41) is 25.2. The average molecular weight is 370 g/mol. The van der Waals surface area contributed by atoms with E-state index in [0.29, 0.717) is 5.92 Å². The molecule has 0 amide bonds. The Morgan fingerprint density at radius 2 is 2.11 bits per heavy atom. The van der Waals surface area contributed by atoms with Gasteiger partial charge in [0.25, 0.3) is 5.69 Å². The van der Waals surface area contributed by atoms with Gasteiger partial charge in [-0.2, -0.15) is 0 Å². The molecule has 8 heteroatoms. The first kappa shape index (κ1) is 17.7. The molecule has 0 aliphatic heterocycles. The van der Waals surface area contributed by atoms with Crippen LogP contribution in [0.1, 0.15) is 25.7 Å². The van der Waals surface area contributed by atoms with Gasteiger partial charge in [0.15, 0.2) is 0 Å². The lowest BCUT2D eigenvalue weighted by Gasteiger charge is -2.43. The highest BCUT2D eigenvalue weighted by Crippen LogP contribution is 2.35. The molecule has 0 radical (unpaired) electrons. The predicted octanol–water partition coefficient (Wildman–Crippen LogP) is 2.88. The first-order chi connectivity index (χ1) is 13.0. The molecule has 1 aromatic heterocycles. The summed E-state index contributed by atoms with van der Waals surface area (Å²) in [5.74, 6) is 0.606. The van der Waals surface area contributed by atoms with E-state index in [1.807, 2.05) is 0 Å². The normalized spacial score (nSPS) is 21.8. The molecule has 2 aromatic rings. The maximum atomic E-state index is 11.1. The molecule has 0 unspecified atom stereocenters. The zero-order valence-electron chi connectivity index (χ0n) is 14.9. The third-order valence-corrected chi connectivity index (χ3v) is 5.46. The number of benzene rings is 1. The number of hydrogen-bond acceptors (Lipinski definition) is 6. The summed E-state index contributed by atoms with van der Waals surface area (Å²) >= 11 is 0. The van der Waals surface area contributed by atoms with Gasteiger partial charge in [-0.15, -0.1) is 0 Å². The SMILES string of the molecule is O=C(O)CN(CC1CC1)C1CC(Nc2nccc3cc([N+](=O)[O-])ccc23)C1. The summed E-state index contributed by atoms with van der Waals surface area (Å²) in [6.45, 7) is 0.976. The van der Waals surface area contributed by atoms with E-state index in [-0.39, 0.29) is 24.3 Å². The van der Waals surface area contributed by atoms with Crippen LogP contribution in [0.3, 0.4) is 0 Å². The Morgan fingerprint density at radius 3 is 2.78 bits per heavy atom. The number of pyridine rings is 1. The Labute approximate surface area is 156 Å². The molecule has 2 N–H and O–H groups in total. The van der Waals surface area contributed by atoms with Crippen molar-refractivity contribution in [1.29, 1.82) is 0 Å². The number of nitrogens with zero attached hydrogens (tertiary/aromatic N) is 3. The number of aromatic nitrogens is 1. The van der Waals surface area contributed by atoms with Crippen LogP contribution in [0.4, 0.5) is 11.5 Å². The minimum absolute atomic E-state index is 0.0627. The molecule has 2 fully saturated rings. The van der Waals surface area contributed by atoms with Gasteiger partial charge in [0, 0.05) is 42.3 Å². The zero-order valence-corrected chi connectivity index (χ0v) is 14.9. The summed E-state index contributed by atoms with van der Waals surface area (Å²) in [6, 6.07) is 7.05. The van der Waals surface area contributed by atoms with Gasteiger partial charge in [-0.3, -0.25) is 19.8 Å². The minimum atomic E-state index is -0.774. The van der Waals surface area contributed by atoms with Crippen molar-refractivity contribution in [3.63, 3.8) is 0 Å². The largest absolute Gasteiger partial charge is 0.480 e. The van der Waals surface area contributed by atoms with Gasteiger partial charge in [0.05, 0.1) is 11.5 Å². The molecular weight excluding hydrogens is 348 g/mol. The van der Waals surface area contributed by atoms with Crippen LogP contribution in [0.2, 0.25) is 0 Å². The number of anilines is 1. The average Bonchev–Trinajstić information content (AvgIpc) is 3.40. The van der Waals surface area contributed by atoms with E-state index < -0.39 is 10.9 Å². The second kappa shape index (κ2) is 7.11. The van der Waals surface area contributed by atoms with Gasteiger partial charge < -0.3 is 10.4 Å². The quantitative estimate of drug-likeness (QED) is 0.543. The van der Waals surface area contributed by atoms with Crippen molar-refractivity contribution in [2.24, 2.45) is 5.92 Å². The lowest BCUT2D eigenvalue weighted by Crippen LogP contribution is -2.52. The fourth-order valence-electron chi connectivity index (χ4n) is 3.74. The van der Waals surface area contributed by atoms with Gasteiger partial charge >= 0.3 is 5.97 Å². The van der Waals surface area contributed by atoms with E-state index in [2.05, 4.69) is 15.2 Å². The number of non-ortho nitro benzene ring substituents is 1. The van der Waals surface area contributed by atoms with Crippen LogP contribution in [0.5, 0.6) is 0 Å². The molecule has 2 saturated carbocycles. The van der Waals surface area contributed by atoms with E-state index in [4.69, 9.17) is 5.11 Å². The molecule has 0 bridgehead atoms. The van der Waals surface area contributed by atoms with Crippen molar-refractivity contribution in [1.82, 2.24) is 9.88 Å². The Kier molecular flexibility index (Phi) is 4.65. The lowest BCUT2D eigenvalue weighted by molar-refractivity contribution is -0.384. The second-order valence-corrected chi connectivity index (χ2v) is 7.56. The van der Waals surface area contributed by atoms with E-state index >= 15 is 0 Å². The molecule has 0 atom stereocenters. The molecular formula is C19H22N4O4. The lowest BCUT2D eigenvalue weighted by atomic mass is 9.85. The molecule has 2 aliphatic carbocycles. The summed E-state index contributed by atoms with van der Waals surface area (Å²) < 4.78 is 0. The summed E-state index contributed by atoms with van der Waals surface area (Å²) in [4.78, 5) is 28.2. The number of nitrogens with one attached hydrogen (secondary N) is 1. The summed E-state index contributed by atoms with van der Waals surface area (Å²) in [6.07, 6.45) is 5.82. The Balaban J connectivity index is 1.41. The van der Waals surface area contributed by atoms with Gasteiger partial charge in [0.2, 0.25) is 0 Å². The van der Waals surface area contributed by atoms with Crippen molar-refractivity contribution < 1.29 is 14.8 Å². The fourth-order valence-corrected chi connectivity index (χ4v) is 3.74. The monoisotopic (exact) mass is 370 g/mol. The van der Waals surface area contributed by atoms with Crippen LogP contribution in [0.15, 0.2) is 30.5 Å². The van der Waals surface area contributed by atoms with Gasteiger partial charge in [-0.05, 0) is 49.1 Å². The number of carboxylic acids is 1. The summed E-state index contributed by atoms with van der Waals surface area (Å²) in [5.41, 5.74) is 0.0627. The Morgan fingerprint density at radius 1 is 1.33 bits per heavy atom. The molecule has 2 aliphatic rings. The molecule has 1 aromatic carbocycles. The highest BCUT2D eigenvalue weighted by molar-refractivity contribution is 5.93. The van der Waals surface area contributed by atoms with E-state index in [9.17, 15) is 14.9 Å². The third-order valence-electron chi connectivity index (χ3n) is 5.46. The van der Waals surface area contributed by atoms with Crippen molar-refractivity contribution in [2.75, 3.05) is 18.4 Å². The first-order valence-corrected chi connectivity index (χ1v) is 9.25. The van der Waals surface area contributed by atoms with E-state index in [1.54, 1.807) is 24.4 Å². The standard InChI is InChI=1S/C19H22N4O4/c24-18(25)11-22(10-12-1-2-12)16-8-14(9-16)21-19-17-4-3-15(23(26)27)7-13(17)5-6-20-19/h3-7,12,14,16H,1-2,8-11H2,(H,20,21)(H,24,25). The number of hydrogen-bond donors (Lipinski definition) is 2. The van der Waals surface area contributed by atoms with Crippen LogP contribution in [0.25, 0.3) is 10.8 Å². The van der Waals surface area contributed by atoms with E-state index in [0.717, 1.165) is 36.0 Å². The smallest absolute Gasteiger partial charge is 0.317 e. The maximum Gasteiger partial charge on any atom is 0.317 e. The zero-order chi connectivity index (χ0) is 19.0. The van der Waals surface area contributed by atoms with Gasteiger partial charge in [-0.25, -0.2) is 4.98 Å². The van der Waals surface area contributed by atoms with Crippen molar-refractivity contribution in [3.05, 3.63) is 40.6 Å². The molecule has 0 spiro atoms.